The van der Waals surface area contributed by atoms with E-state index in [9.17, 15) is 14.3 Å². The van der Waals surface area contributed by atoms with Crippen LogP contribution in [0.2, 0.25) is 0 Å². The van der Waals surface area contributed by atoms with Gasteiger partial charge in [-0.2, -0.15) is 0 Å². The first-order valence-corrected chi connectivity index (χ1v) is 7.48. The lowest BCUT2D eigenvalue weighted by Crippen LogP contribution is -2.20. The van der Waals surface area contributed by atoms with Gasteiger partial charge in [0, 0.05) is 4.47 Å². The van der Waals surface area contributed by atoms with E-state index in [1.807, 2.05) is 31.2 Å². The fourth-order valence-corrected chi connectivity index (χ4v) is 2.64. The van der Waals surface area contributed by atoms with Crippen molar-refractivity contribution < 1.29 is 14.3 Å². The van der Waals surface area contributed by atoms with Crippen LogP contribution < -0.4 is 0 Å². The molecule has 0 aromatic heterocycles. The van der Waals surface area contributed by atoms with Gasteiger partial charge in [-0.05, 0) is 48.6 Å². The van der Waals surface area contributed by atoms with Gasteiger partial charge in [-0.1, -0.05) is 46.3 Å². The summed E-state index contributed by atoms with van der Waals surface area (Å²) in [6.07, 6.45) is 0.584. The third-order valence-electron chi connectivity index (χ3n) is 3.56. The van der Waals surface area contributed by atoms with Crippen molar-refractivity contribution in [2.24, 2.45) is 5.92 Å². The van der Waals surface area contributed by atoms with E-state index in [1.165, 1.54) is 6.07 Å². The standard InChI is InChI=1S/C17H16BrFO2/c1-11-4-2-3-5-12(11)8-14(17(20)21)9-13-6-7-15(18)10-16(13)19/h2-7,10,14H,8-9H2,1H3,(H,20,21). The van der Waals surface area contributed by atoms with Crippen LogP contribution in [0.4, 0.5) is 4.39 Å². The maximum atomic E-state index is 13.9. The lowest BCUT2D eigenvalue weighted by molar-refractivity contribution is -0.141. The number of carboxylic acids is 1. The van der Waals surface area contributed by atoms with E-state index in [2.05, 4.69) is 15.9 Å². The van der Waals surface area contributed by atoms with Crippen LogP contribution in [-0.4, -0.2) is 11.1 Å². The second kappa shape index (κ2) is 6.85. The van der Waals surface area contributed by atoms with Crippen molar-refractivity contribution >= 4 is 21.9 Å². The molecule has 1 N–H and O–H groups in total. The van der Waals surface area contributed by atoms with Gasteiger partial charge in [-0.15, -0.1) is 0 Å². The summed E-state index contributed by atoms with van der Waals surface area (Å²) in [6.45, 7) is 1.95. The Morgan fingerprint density at radius 3 is 2.48 bits per heavy atom. The summed E-state index contributed by atoms with van der Waals surface area (Å²) in [7, 11) is 0. The van der Waals surface area contributed by atoms with Crippen LogP contribution in [0, 0.1) is 18.7 Å². The molecule has 2 rings (SSSR count). The van der Waals surface area contributed by atoms with Crippen molar-refractivity contribution in [1.29, 1.82) is 0 Å². The Hall–Kier alpha value is -1.68. The Morgan fingerprint density at radius 2 is 1.86 bits per heavy atom. The van der Waals surface area contributed by atoms with E-state index < -0.39 is 11.9 Å². The maximum Gasteiger partial charge on any atom is 0.307 e. The van der Waals surface area contributed by atoms with Gasteiger partial charge in [0.15, 0.2) is 0 Å². The molecule has 2 nitrogen and oxygen atoms in total. The lowest BCUT2D eigenvalue weighted by atomic mass is 9.91. The molecule has 0 heterocycles. The Morgan fingerprint density at radius 1 is 1.19 bits per heavy atom. The second-order valence-corrected chi connectivity index (χ2v) is 6.02. The molecule has 0 aliphatic carbocycles. The Balaban J connectivity index is 2.20. The lowest BCUT2D eigenvalue weighted by Gasteiger charge is -2.14. The molecule has 2 aromatic rings. The van der Waals surface area contributed by atoms with Gasteiger partial charge < -0.3 is 5.11 Å². The average molecular weight is 351 g/mol. The van der Waals surface area contributed by atoms with E-state index in [0.717, 1.165) is 11.1 Å². The van der Waals surface area contributed by atoms with Crippen LogP contribution in [0.5, 0.6) is 0 Å². The van der Waals surface area contributed by atoms with Crippen LogP contribution in [0.15, 0.2) is 46.9 Å². The number of hydrogen-bond acceptors (Lipinski definition) is 1. The van der Waals surface area contributed by atoms with E-state index >= 15 is 0 Å². The molecule has 21 heavy (non-hydrogen) atoms. The molecule has 0 fully saturated rings. The first-order chi connectivity index (χ1) is 9.97. The van der Waals surface area contributed by atoms with E-state index in [4.69, 9.17) is 0 Å². The molecule has 1 unspecified atom stereocenters. The molecular weight excluding hydrogens is 335 g/mol. The van der Waals surface area contributed by atoms with Gasteiger partial charge in [0.1, 0.15) is 5.82 Å². The molecule has 0 amide bonds. The summed E-state index contributed by atoms with van der Waals surface area (Å²) < 4.78 is 14.5. The molecule has 1 atom stereocenters. The third kappa shape index (κ3) is 4.14. The predicted molar refractivity (Wildman–Crippen MR) is 83.8 cm³/mol. The number of aryl methyl sites for hydroxylation is 1. The van der Waals surface area contributed by atoms with Crippen molar-refractivity contribution in [1.82, 2.24) is 0 Å². The van der Waals surface area contributed by atoms with E-state index in [1.54, 1.807) is 12.1 Å². The smallest absolute Gasteiger partial charge is 0.307 e. The van der Waals surface area contributed by atoms with Crippen molar-refractivity contribution in [2.75, 3.05) is 0 Å². The fourth-order valence-electron chi connectivity index (χ4n) is 2.30. The fraction of sp³-hybridized carbons (Fsp3) is 0.235. The van der Waals surface area contributed by atoms with E-state index in [0.29, 0.717) is 16.5 Å². The highest BCUT2D eigenvalue weighted by Gasteiger charge is 2.21. The number of halogens is 2. The van der Waals surface area contributed by atoms with Gasteiger partial charge in [-0.25, -0.2) is 4.39 Å². The molecular formula is C17H16BrFO2. The zero-order valence-corrected chi connectivity index (χ0v) is 13.2. The highest BCUT2D eigenvalue weighted by Crippen LogP contribution is 2.21. The quantitative estimate of drug-likeness (QED) is 0.868. The topological polar surface area (TPSA) is 37.3 Å². The van der Waals surface area contributed by atoms with Crippen molar-refractivity contribution in [3.8, 4) is 0 Å². The van der Waals surface area contributed by atoms with E-state index in [-0.39, 0.29) is 12.2 Å². The molecule has 0 spiro atoms. The molecule has 0 saturated carbocycles. The third-order valence-corrected chi connectivity index (χ3v) is 4.05. The SMILES string of the molecule is Cc1ccccc1CC(Cc1ccc(Br)cc1F)C(=O)O. The molecule has 0 aliphatic heterocycles. The number of carboxylic acid groups (broad SMARTS) is 1. The molecule has 0 saturated heterocycles. The zero-order chi connectivity index (χ0) is 15.4. The molecule has 4 heteroatoms. The largest absolute Gasteiger partial charge is 0.481 e. The van der Waals surface area contributed by atoms with Crippen LogP contribution in [0.25, 0.3) is 0 Å². The first-order valence-electron chi connectivity index (χ1n) is 6.68. The minimum Gasteiger partial charge on any atom is -0.481 e. The number of carbonyl (C=O) groups is 1. The van der Waals surface area contributed by atoms with Crippen LogP contribution in [0.3, 0.4) is 0 Å². The van der Waals surface area contributed by atoms with Crippen molar-refractivity contribution in [3.05, 3.63) is 69.4 Å². The van der Waals surface area contributed by atoms with Crippen LogP contribution >= 0.6 is 15.9 Å². The number of benzene rings is 2. The molecule has 0 radical (unpaired) electrons. The summed E-state index contributed by atoms with van der Waals surface area (Å²) in [5, 5.41) is 9.40. The number of rotatable bonds is 5. The first kappa shape index (κ1) is 15.7. The Labute approximate surface area is 131 Å². The average Bonchev–Trinajstić information content (AvgIpc) is 2.42. The molecule has 110 valence electrons. The zero-order valence-electron chi connectivity index (χ0n) is 11.6. The van der Waals surface area contributed by atoms with Crippen LogP contribution in [0.1, 0.15) is 16.7 Å². The summed E-state index contributed by atoms with van der Waals surface area (Å²) in [5.74, 6) is -1.91. The normalized spacial score (nSPS) is 12.1. The number of hydrogen-bond donors (Lipinski definition) is 1. The molecule has 2 aromatic carbocycles. The minimum atomic E-state index is -0.902. The summed E-state index contributed by atoms with van der Waals surface area (Å²) in [5.41, 5.74) is 2.47. The maximum absolute atomic E-state index is 13.9. The molecule has 0 aliphatic rings. The van der Waals surface area contributed by atoms with Gasteiger partial charge >= 0.3 is 5.97 Å². The van der Waals surface area contributed by atoms with Gasteiger partial charge in [0.2, 0.25) is 0 Å². The van der Waals surface area contributed by atoms with Gasteiger partial charge in [0.25, 0.3) is 0 Å². The second-order valence-electron chi connectivity index (χ2n) is 5.11. The van der Waals surface area contributed by atoms with Gasteiger partial charge in [0.05, 0.1) is 5.92 Å². The van der Waals surface area contributed by atoms with Gasteiger partial charge in [-0.3, -0.25) is 4.79 Å². The molecule has 0 bridgehead atoms. The highest BCUT2D eigenvalue weighted by molar-refractivity contribution is 9.10. The highest BCUT2D eigenvalue weighted by atomic mass is 79.9. The Kier molecular flexibility index (Phi) is 5.12. The summed E-state index contributed by atoms with van der Waals surface area (Å²) in [6, 6.07) is 12.4. The Bertz CT molecular complexity index is 655. The minimum absolute atomic E-state index is 0.183. The van der Waals surface area contributed by atoms with Crippen molar-refractivity contribution in [2.45, 2.75) is 19.8 Å². The number of aliphatic carboxylic acids is 1. The van der Waals surface area contributed by atoms with Crippen LogP contribution in [-0.2, 0) is 17.6 Å². The predicted octanol–water partition coefficient (Wildman–Crippen LogP) is 4.38. The monoisotopic (exact) mass is 350 g/mol. The summed E-state index contributed by atoms with van der Waals surface area (Å²) >= 11 is 3.20. The van der Waals surface area contributed by atoms with Crippen molar-refractivity contribution in [3.63, 3.8) is 0 Å². The summed E-state index contributed by atoms with van der Waals surface area (Å²) in [4.78, 5) is 11.5.